The lowest BCUT2D eigenvalue weighted by molar-refractivity contribution is -0.137. The number of rotatable bonds is 11. The van der Waals surface area contributed by atoms with Gasteiger partial charge >= 0.3 is 5.97 Å². The normalized spacial score (nSPS) is 13.9. The summed E-state index contributed by atoms with van der Waals surface area (Å²) in [6, 6.07) is 16.4. The van der Waals surface area contributed by atoms with E-state index < -0.39 is 5.97 Å². The Bertz CT molecular complexity index is 1140. The quantitative estimate of drug-likeness (QED) is 0.338. The van der Waals surface area contributed by atoms with Crippen molar-refractivity contribution >= 4 is 23.0 Å². The van der Waals surface area contributed by atoms with Crippen molar-refractivity contribution in [2.45, 2.75) is 58.5 Å². The van der Waals surface area contributed by atoms with Gasteiger partial charge in [0.15, 0.2) is 0 Å². The summed E-state index contributed by atoms with van der Waals surface area (Å²) in [6.45, 7) is 5.21. The first-order valence-electron chi connectivity index (χ1n) is 11.7. The number of carbonyl (C=O) groups is 1. The summed E-state index contributed by atoms with van der Waals surface area (Å²) < 4.78 is 6.04. The molecule has 7 heteroatoms. The minimum Gasteiger partial charge on any atom is -0.565 e. The van der Waals surface area contributed by atoms with E-state index in [4.69, 9.17) is 19.7 Å². The summed E-state index contributed by atoms with van der Waals surface area (Å²) in [5.41, 5.74) is 5.25. The molecule has 3 aromatic rings. The molecule has 34 heavy (non-hydrogen) atoms. The molecule has 178 valence electrons. The lowest BCUT2D eigenvalue weighted by Crippen LogP contribution is -2.15. The third-order valence-corrected chi connectivity index (χ3v) is 7.17. The molecular weight excluding hydrogens is 448 g/mol. The van der Waals surface area contributed by atoms with E-state index in [9.17, 15) is 4.79 Å². The summed E-state index contributed by atoms with van der Waals surface area (Å²) >= 11 is 1.66. The van der Waals surface area contributed by atoms with E-state index in [0.717, 1.165) is 44.6 Å². The molecule has 0 unspecified atom stereocenters. The Morgan fingerprint density at radius 1 is 1.18 bits per heavy atom. The van der Waals surface area contributed by atoms with Crippen LogP contribution >= 0.6 is 11.3 Å². The minimum absolute atomic E-state index is 0.102. The van der Waals surface area contributed by atoms with Gasteiger partial charge in [0.1, 0.15) is 30.4 Å². The van der Waals surface area contributed by atoms with E-state index in [2.05, 4.69) is 36.3 Å². The van der Waals surface area contributed by atoms with Crippen LogP contribution in [-0.2, 0) is 22.7 Å². The predicted octanol–water partition coefficient (Wildman–Crippen LogP) is 5.54. The fourth-order valence-electron chi connectivity index (χ4n) is 4.00. The third-order valence-electron chi connectivity index (χ3n) is 5.99. The van der Waals surface area contributed by atoms with Gasteiger partial charge in [0.2, 0.25) is 0 Å². The van der Waals surface area contributed by atoms with E-state index in [-0.39, 0.29) is 12.3 Å². The fraction of sp³-hybridized carbons (Fsp3) is 0.370. The van der Waals surface area contributed by atoms with Crippen LogP contribution in [0.5, 0.6) is 5.75 Å². The Balaban J connectivity index is 1.40. The van der Waals surface area contributed by atoms with Crippen LogP contribution in [0.4, 0.5) is 0 Å². The van der Waals surface area contributed by atoms with Gasteiger partial charge < -0.3 is 14.7 Å². The standard InChI is InChI=1S/C27H30N2O4S/c1-3-4-5-19-6-8-21(9-7-19)27-28-18(2)25(34-27)17-32-22-12-10-20(11-13-22)23(16-26(30)31)24-14-15-33-29-24/h6-13,23H,3-5,14-17H2,1-2H3,(H,30,31)/p+1/t23-/m0/s1. The molecule has 0 bridgehead atoms. The van der Waals surface area contributed by atoms with Crippen molar-refractivity contribution in [3.8, 4) is 16.3 Å². The van der Waals surface area contributed by atoms with E-state index in [1.807, 2.05) is 31.2 Å². The number of aryl methyl sites for hydroxylation is 2. The van der Waals surface area contributed by atoms with Gasteiger partial charge in [-0.15, -0.1) is 11.3 Å². The van der Waals surface area contributed by atoms with Crippen LogP contribution < -0.4 is 4.74 Å². The minimum atomic E-state index is -0.605. The summed E-state index contributed by atoms with van der Waals surface area (Å²) in [5, 5.41) is 12.5. The molecule has 0 fully saturated rings. The molecule has 0 amide bonds. The second kappa shape index (κ2) is 11.3. The van der Waals surface area contributed by atoms with Gasteiger partial charge in [0, 0.05) is 22.7 Å². The molecule has 1 aliphatic rings. The van der Waals surface area contributed by atoms with Crippen LogP contribution in [0.25, 0.3) is 10.6 Å². The Kier molecular flexibility index (Phi) is 7.95. The maximum Gasteiger partial charge on any atom is 0.516 e. The van der Waals surface area contributed by atoms with Gasteiger partial charge in [-0.25, -0.2) is 4.98 Å². The fourth-order valence-corrected chi connectivity index (χ4v) is 4.98. The van der Waals surface area contributed by atoms with Gasteiger partial charge in [0.25, 0.3) is 0 Å². The number of hydrogen-bond acceptors (Lipinski definition) is 6. The highest BCUT2D eigenvalue weighted by Crippen LogP contribution is 2.31. The van der Waals surface area contributed by atoms with Gasteiger partial charge in [0.05, 0.1) is 16.3 Å². The van der Waals surface area contributed by atoms with Crippen molar-refractivity contribution in [1.82, 2.24) is 4.98 Å². The first-order chi connectivity index (χ1) is 16.5. The predicted molar refractivity (Wildman–Crippen MR) is 136 cm³/mol. The third kappa shape index (κ3) is 6.03. The highest BCUT2D eigenvalue weighted by molar-refractivity contribution is 7.15. The number of nitrogens with zero attached hydrogens (tertiary/aromatic N) is 2. The number of unbranched alkanes of at least 4 members (excludes halogenated alkanes) is 1. The lowest BCUT2D eigenvalue weighted by atomic mass is 9.89. The topological polar surface area (TPSA) is 83.7 Å². The molecule has 1 aliphatic heterocycles. The number of ether oxygens (including phenoxy) is 1. The number of hydrogen-bond donors (Lipinski definition) is 0. The second-order valence-electron chi connectivity index (χ2n) is 8.53. The molecule has 0 saturated carbocycles. The van der Waals surface area contributed by atoms with E-state index in [1.165, 1.54) is 18.4 Å². The average Bonchev–Trinajstić information content (AvgIpc) is 3.51. The molecule has 2 N–H and O–H groups in total. The Morgan fingerprint density at radius 2 is 1.94 bits per heavy atom. The summed E-state index contributed by atoms with van der Waals surface area (Å²) in [7, 11) is 0. The van der Waals surface area contributed by atoms with Gasteiger partial charge in [-0.2, -0.15) is 0 Å². The zero-order valence-electron chi connectivity index (χ0n) is 19.7. The first-order valence-corrected chi connectivity index (χ1v) is 12.6. The number of aromatic nitrogens is 1. The van der Waals surface area contributed by atoms with Crippen LogP contribution in [-0.4, -0.2) is 28.4 Å². The molecule has 1 aromatic heterocycles. The van der Waals surface area contributed by atoms with Gasteiger partial charge in [-0.3, -0.25) is 0 Å². The van der Waals surface area contributed by atoms with Crippen molar-refractivity contribution < 1.29 is 19.5 Å². The summed E-state index contributed by atoms with van der Waals surface area (Å²) in [4.78, 5) is 22.4. The Hall–Kier alpha value is -3.19. The van der Waals surface area contributed by atoms with Crippen LogP contribution in [0.15, 0.2) is 53.7 Å². The van der Waals surface area contributed by atoms with E-state index >= 15 is 0 Å². The average molecular weight is 480 g/mol. The second-order valence-corrected chi connectivity index (χ2v) is 9.62. The van der Waals surface area contributed by atoms with Crippen molar-refractivity contribution in [2.75, 3.05) is 6.61 Å². The zero-order valence-corrected chi connectivity index (χ0v) is 20.5. The Morgan fingerprint density at radius 3 is 2.59 bits per heavy atom. The molecule has 0 aliphatic carbocycles. The monoisotopic (exact) mass is 479 g/mol. The molecule has 2 aromatic carbocycles. The molecule has 2 heterocycles. The summed E-state index contributed by atoms with van der Waals surface area (Å²) in [6.07, 6.45) is 4.32. The van der Waals surface area contributed by atoms with Gasteiger partial charge in [-0.05, 0) is 43.0 Å². The van der Waals surface area contributed by atoms with Crippen LogP contribution in [0.1, 0.15) is 60.2 Å². The molecule has 6 nitrogen and oxygen atoms in total. The SMILES string of the molecule is CCCCc1ccc(-c2nc(C)c(COc3ccc([C@H](CC(=O)[OH2+])C4=NOCC4)cc3)s2)cc1. The zero-order chi connectivity index (χ0) is 23.9. The molecule has 0 radical (unpaired) electrons. The Labute approximate surface area is 204 Å². The maximum atomic E-state index is 11.4. The molecular formula is C27H31N2O4S+. The molecule has 0 spiro atoms. The number of oxime groups is 1. The highest BCUT2D eigenvalue weighted by Gasteiger charge is 2.27. The highest BCUT2D eigenvalue weighted by atomic mass is 32.1. The first kappa shape index (κ1) is 24.0. The summed E-state index contributed by atoms with van der Waals surface area (Å²) in [5.74, 6) is -0.0767. The molecule has 1 atom stereocenters. The van der Waals surface area contributed by atoms with E-state index in [0.29, 0.717) is 19.6 Å². The smallest absolute Gasteiger partial charge is 0.516 e. The number of carbonyl (C=O) groups excluding carboxylic acids is 1. The van der Waals surface area contributed by atoms with Crippen molar-refractivity contribution in [2.24, 2.45) is 5.16 Å². The number of thiazole rings is 1. The largest absolute Gasteiger partial charge is 0.565 e. The van der Waals surface area contributed by atoms with Crippen molar-refractivity contribution in [3.05, 3.63) is 70.2 Å². The lowest BCUT2D eigenvalue weighted by Gasteiger charge is -2.13. The van der Waals surface area contributed by atoms with E-state index in [1.54, 1.807) is 11.3 Å². The number of benzene rings is 2. The van der Waals surface area contributed by atoms with Crippen LogP contribution in [0, 0.1) is 6.92 Å². The van der Waals surface area contributed by atoms with Crippen LogP contribution in [0.3, 0.4) is 0 Å². The van der Waals surface area contributed by atoms with Crippen LogP contribution in [0.2, 0.25) is 0 Å². The van der Waals surface area contributed by atoms with Crippen molar-refractivity contribution in [3.63, 3.8) is 0 Å². The van der Waals surface area contributed by atoms with Gasteiger partial charge in [-0.1, -0.05) is 54.9 Å². The molecule has 4 rings (SSSR count). The maximum absolute atomic E-state index is 11.4. The molecule has 0 saturated heterocycles. The van der Waals surface area contributed by atoms with Crippen molar-refractivity contribution in [1.29, 1.82) is 0 Å².